The Bertz CT molecular complexity index is 258. The molecule has 0 aliphatic heterocycles. The van der Waals surface area contributed by atoms with Gasteiger partial charge in [0.1, 0.15) is 0 Å². The molecule has 0 amide bonds. The van der Waals surface area contributed by atoms with E-state index in [0.717, 1.165) is 0 Å². The molecule has 0 aromatic heterocycles. The summed E-state index contributed by atoms with van der Waals surface area (Å²) in [5, 5.41) is 6.44. The van der Waals surface area contributed by atoms with Gasteiger partial charge >= 0.3 is 5.97 Å². The van der Waals surface area contributed by atoms with Crippen LogP contribution < -0.4 is 0 Å². The Hall–Kier alpha value is -1.41. The van der Waals surface area contributed by atoms with Gasteiger partial charge in [-0.25, -0.2) is 15.2 Å². The number of hydrogen-bond acceptors (Lipinski definition) is 4. The van der Waals surface area contributed by atoms with E-state index in [0.29, 0.717) is 12.2 Å². The third-order valence-electron chi connectivity index (χ3n) is 1.02. The highest BCUT2D eigenvalue weighted by Crippen LogP contribution is 2.02. The van der Waals surface area contributed by atoms with Crippen LogP contribution in [0, 0.1) is 5.41 Å². The first-order valence-corrected chi connectivity index (χ1v) is 4.70. The molecule has 0 saturated carbocycles. The van der Waals surface area contributed by atoms with Crippen molar-refractivity contribution in [3.63, 3.8) is 0 Å². The number of ether oxygens (including phenoxy) is 1. The molecule has 0 atom stereocenters. The summed E-state index contributed by atoms with van der Waals surface area (Å²) in [4.78, 5) is 14.1. The normalized spacial score (nSPS) is 9.13. The van der Waals surface area contributed by atoms with Gasteiger partial charge in [-0.1, -0.05) is 6.58 Å². The van der Waals surface area contributed by atoms with Crippen molar-refractivity contribution in [3.8, 4) is 0 Å². The van der Waals surface area contributed by atoms with Crippen LogP contribution >= 0.6 is 0 Å². The minimum atomic E-state index is -0.312. The third-order valence-corrected chi connectivity index (χ3v) is 1.02. The molecule has 86 valence electrons. The van der Waals surface area contributed by atoms with E-state index in [2.05, 4.69) is 16.3 Å². The van der Waals surface area contributed by atoms with Gasteiger partial charge in [0.05, 0.1) is 18.2 Å². The molecule has 0 aromatic carbocycles. The summed E-state index contributed by atoms with van der Waals surface area (Å²) in [6.07, 6.45) is 0. The lowest BCUT2D eigenvalue weighted by Crippen LogP contribution is -2.07. The smallest absolute Gasteiger partial charge is 0.333 e. The van der Waals surface area contributed by atoms with Crippen LogP contribution in [0.1, 0.15) is 34.6 Å². The van der Waals surface area contributed by atoms with Gasteiger partial charge in [0.25, 0.3) is 0 Å². The average Bonchev–Trinajstić information content (AvgIpc) is 2.03. The fraction of sp³-hybridized carbons (Fsp3) is 0.636. The SMILES string of the molecule is C=C(C)C(=O)OCC.CC(C)(C)N=C=N. The van der Waals surface area contributed by atoms with Crippen LogP contribution in [0.5, 0.6) is 0 Å². The molecular formula is C11H20N2O2. The first-order chi connectivity index (χ1) is 6.74. The summed E-state index contributed by atoms with van der Waals surface area (Å²) in [5.41, 5.74) is 0.328. The second-order valence-electron chi connectivity index (χ2n) is 3.90. The van der Waals surface area contributed by atoms with Gasteiger partial charge in [0.2, 0.25) is 0 Å². The largest absolute Gasteiger partial charge is 0.463 e. The molecule has 1 N–H and O–H groups in total. The molecule has 4 heteroatoms. The summed E-state index contributed by atoms with van der Waals surface area (Å²) in [6, 6.07) is 1.98. The van der Waals surface area contributed by atoms with Gasteiger partial charge in [-0.2, -0.15) is 0 Å². The van der Waals surface area contributed by atoms with E-state index in [1.807, 2.05) is 26.8 Å². The van der Waals surface area contributed by atoms with Crippen molar-refractivity contribution in [2.75, 3.05) is 6.61 Å². The summed E-state index contributed by atoms with van der Waals surface area (Å²) in [6.45, 7) is 13.0. The Kier molecular flexibility index (Phi) is 8.49. The summed E-state index contributed by atoms with van der Waals surface area (Å²) >= 11 is 0. The van der Waals surface area contributed by atoms with Gasteiger partial charge in [-0.05, 0) is 34.6 Å². The van der Waals surface area contributed by atoms with Crippen LogP contribution in [0.3, 0.4) is 0 Å². The van der Waals surface area contributed by atoms with Crippen LogP contribution in [0.25, 0.3) is 0 Å². The van der Waals surface area contributed by atoms with Crippen LogP contribution in [-0.4, -0.2) is 24.1 Å². The summed E-state index contributed by atoms with van der Waals surface area (Å²) < 4.78 is 4.56. The monoisotopic (exact) mass is 212 g/mol. The van der Waals surface area contributed by atoms with Gasteiger partial charge in [0, 0.05) is 5.57 Å². The molecule has 0 radical (unpaired) electrons. The van der Waals surface area contributed by atoms with Crippen LogP contribution in [-0.2, 0) is 9.53 Å². The van der Waals surface area contributed by atoms with Crippen molar-refractivity contribution in [1.29, 1.82) is 5.41 Å². The second-order valence-corrected chi connectivity index (χ2v) is 3.90. The number of hydrogen-bond donors (Lipinski definition) is 1. The van der Waals surface area contributed by atoms with E-state index < -0.39 is 0 Å². The number of nitrogens with zero attached hydrogens (tertiary/aromatic N) is 1. The van der Waals surface area contributed by atoms with E-state index >= 15 is 0 Å². The Balaban J connectivity index is 0. The quantitative estimate of drug-likeness (QED) is 0.434. The lowest BCUT2D eigenvalue weighted by molar-refractivity contribution is -0.138. The van der Waals surface area contributed by atoms with Gasteiger partial charge in [-0.15, -0.1) is 0 Å². The molecule has 15 heavy (non-hydrogen) atoms. The Labute approximate surface area is 91.6 Å². The molecule has 0 heterocycles. The maximum atomic E-state index is 10.4. The topological polar surface area (TPSA) is 62.5 Å². The number of aliphatic imine (C=N–C) groups is 1. The minimum Gasteiger partial charge on any atom is -0.463 e. The first kappa shape index (κ1) is 16.0. The van der Waals surface area contributed by atoms with E-state index in [4.69, 9.17) is 5.41 Å². The standard InChI is InChI=1S/C6H10O2.C5H10N2/c1-4-8-6(7)5(2)3;1-5(2,3)7-4-6/h2,4H2,1,3H3;6H,1-3H3. The predicted octanol–water partition coefficient (Wildman–Crippen LogP) is 2.66. The summed E-state index contributed by atoms with van der Waals surface area (Å²) in [7, 11) is 0. The van der Waals surface area contributed by atoms with Crippen molar-refractivity contribution in [2.24, 2.45) is 4.99 Å². The van der Waals surface area contributed by atoms with Crippen molar-refractivity contribution < 1.29 is 9.53 Å². The van der Waals surface area contributed by atoms with Crippen molar-refractivity contribution in [3.05, 3.63) is 12.2 Å². The fourth-order valence-corrected chi connectivity index (χ4v) is 0.422. The number of nitrogens with one attached hydrogen (secondary N) is 1. The summed E-state index contributed by atoms with van der Waals surface area (Å²) in [5.74, 6) is -0.312. The lowest BCUT2D eigenvalue weighted by atomic mass is 10.1. The maximum absolute atomic E-state index is 10.4. The van der Waals surface area contributed by atoms with Gasteiger partial charge in [-0.3, -0.25) is 0 Å². The van der Waals surface area contributed by atoms with E-state index in [9.17, 15) is 4.79 Å². The van der Waals surface area contributed by atoms with Crippen molar-refractivity contribution >= 4 is 12.0 Å². The number of carbonyl (C=O) groups is 1. The molecule has 0 spiro atoms. The molecule has 0 aliphatic carbocycles. The van der Waals surface area contributed by atoms with Crippen molar-refractivity contribution in [2.45, 2.75) is 40.2 Å². The highest BCUT2D eigenvalue weighted by Gasteiger charge is 2.03. The zero-order valence-corrected chi connectivity index (χ0v) is 10.2. The Morgan fingerprint density at radius 2 is 2.00 bits per heavy atom. The van der Waals surface area contributed by atoms with Crippen LogP contribution in [0.15, 0.2) is 17.1 Å². The van der Waals surface area contributed by atoms with E-state index in [1.54, 1.807) is 13.8 Å². The van der Waals surface area contributed by atoms with Crippen LogP contribution in [0.4, 0.5) is 0 Å². The number of carbonyl (C=O) groups excluding carboxylic acids is 1. The lowest BCUT2D eigenvalue weighted by Gasteiger charge is -2.06. The molecule has 0 bridgehead atoms. The maximum Gasteiger partial charge on any atom is 0.333 e. The second kappa shape index (κ2) is 7.94. The first-order valence-electron chi connectivity index (χ1n) is 4.70. The zero-order valence-electron chi connectivity index (χ0n) is 10.2. The molecule has 0 rings (SSSR count). The van der Waals surface area contributed by atoms with E-state index in [-0.39, 0.29) is 11.5 Å². The highest BCUT2D eigenvalue weighted by atomic mass is 16.5. The Morgan fingerprint density at radius 3 is 2.07 bits per heavy atom. The third kappa shape index (κ3) is 15.4. The molecule has 0 fully saturated rings. The number of esters is 1. The number of rotatable bonds is 2. The van der Waals surface area contributed by atoms with Gasteiger partial charge < -0.3 is 4.74 Å². The Morgan fingerprint density at radius 1 is 1.53 bits per heavy atom. The molecular weight excluding hydrogens is 192 g/mol. The average molecular weight is 212 g/mol. The molecule has 0 saturated heterocycles. The minimum absolute atomic E-state index is 0.123. The van der Waals surface area contributed by atoms with Crippen molar-refractivity contribution in [1.82, 2.24) is 0 Å². The zero-order chi connectivity index (χ0) is 12.5. The van der Waals surface area contributed by atoms with E-state index in [1.165, 1.54) is 0 Å². The predicted molar refractivity (Wildman–Crippen MR) is 61.4 cm³/mol. The molecule has 0 aromatic rings. The molecule has 0 aliphatic rings. The molecule has 0 unspecified atom stereocenters. The van der Waals surface area contributed by atoms with Crippen LogP contribution in [0.2, 0.25) is 0 Å². The molecule has 4 nitrogen and oxygen atoms in total. The fourth-order valence-electron chi connectivity index (χ4n) is 0.422. The van der Waals surface area contributed by atoms with Gasteiger partial charge in [0.15, 0.2) is 0 Å². The highest BCUT2D eigenvalue weighted by molar-refractivity contribution is 5.86.